The second kappa shape index (κ2) is 13.1. The van der Waals surface area contributed by atoms with Crippen molar-refractivity contribution in [3.63, 3.8) is 0 Å². The SMILES string of the molecule is CCN(CC)[P+](N(CC)CC)(N(CC)CC)N(CC)CC.[Br-]. The van der Waals surface area contributed by atoms with Crippen molar-refractivity contribution >= 4 is 7.87 Å². The zero-order chi connectivity index (χ0) is 16.5. The lowest BCUT2D eigenvalue weighted by atomic mass is 10.6. The van der Waals surface area contributed by atoms with Crippen LogP contribution >= 0.6 is 7.87 Å². The van der Waals surface area contributed by atoms with Crippen molar-refractivity contribution in [1.29, 1.82) is 0 Å². The summed E-state index contributed by atoms with van der Waals surface area (Å²) in [4.78, 5) is 0. The van der Waals surface area contributed by atoms with Crippen LogP contribution in [0.2, 0.25) is 0 Å². The molecule has 0 unspecified atom stereocenters. The zero-order valence-electron chi connectivity index (χ0n) is 16.3. The first-order valence-corrected chi connectivity index (χ1v) is 10.6. The van der Waals surface area contributed by atoms with Gasteiger partial charge in [-0.05, 0) is 55.4 Å². The molecule has 0 spiro atoms. The summed E-state index contributed by atoms with van der Waals surface area (Å²) in [6.07, 6.45) is 0. The van der Waals surface area contributed by atoms with Crippen molar-refractivity contribution in [1.82, 2.24) is 18.7 Å². The monoisotopic (exact) mass is 398 g/mol. The zero-order valence-corrected chi connectivity index (χ0v) is 18.8. The molecule has 0 radical (unpaired) electrons. The summed E-state index contributed by atoms with van der Waals surface area (Å²) in [7, 11) is -1.60. The summed E-state index contributed by atoms with van der Waals surface area (Å²) in [5, 5.41) is 0. The first kappa shape index (κ1) is 25.0. The molecular weight excluding hydrogens is 359 g/mol. The fraction of sp³-hybridized carbons (Fsp3) is 1.00. The molecule has 0 aromatic carbocycles. The van der Waals surface area contributed by atoms with E-state index in [-0.39, 0.29) is 17.0 Å². The third kappa shape index (κ3) is 4.87. The Bertz CT molecular complexity index is 199. The van der Waals surface area contributed by atoms with Crippen LogP contribution in [-0.4, -0.2) is 71.0 Å². The minimum absolute atomic E-state index is 0. The van der Waals surface area contributed by atoms with Crippen LogP contribution < -0.4 is 17.0 Å². The lowest BCUT2D eigenvalue weighted by Crippen LogP contribution is -3.00. The summed E-state index contributed by atoms with van der Waals surface area (Å²) in [5.74, 6) is 0. The van der Waals surface area contributed by atoms with Crippen LogP contribution in [0.1, 0.15) is 55.4 Å². The minimum atomic E-state index is -1.60. The van der Waals surface area contributed by atoms with Crippen molar-refractivity contribution in [2.75, 3.05) is 52.4 Å². The molecule has 0 aliphatic rings. The van der Waals surface area contributed by atoms with Crippen LogP contribution in [0.3, 0.4) is 0 Å². The molecule has 136 valence electrons. The van der Waals surface area contributed by atoms with Gasteiger partial charge >= 0.3 is 7.87 Å². The van der Waals surface area contributed by atoms with Gasteiger partial charge in [0.15, 0.2) is 0 Å². The maximum absolute atomic E-state index is 2.74. The molecule has 0 N–H and O–H groups in total. The Morgan fingerprint density at radius 3 is 0.636 bits per heavy atom. The van der Waals surface area contributed by atoms with Gasteiger partial charge in [0, 0.05) is 52.4 Å². The van der Waals surface area contributed by atoms with Gasteiger partial charge in [-0.2, -0.15) is 0 Å². The van der Waals surface area contributed by atoms with Crippen LogP contribution in [-0.2, 0) is 0 Å². The highest BCUT2D eigenvalue weighted by atomic mass is 79.9. The van der Waals surface area contributed by atoms with Gasteiger partial charge in [0.05, 0.1) is 0 Å². The fourth-order valence-electron chi connectivity index (χ4n) is 3.49. The van der Waals surface area contributed by atoms with Crippen molar-refractivity contribution in [3.05, 3.63) is 0 Å². The average molecular weight is 399 g/mol. The molecule has 0 amide bonds. The molecule has 0 heterocycles. The molecule has 0 atom stereocenters. The van der Waals surface area contributed by atoms with E-state index in [9.17, 15) is 0 Å². The molecule has 0 saturated carbocycles. The van der Waals surface area contributed by atoms with E-state index in [1.54, 1.807) is 0 Å². The molecule has 0 aromatic heterocycles. The number of rotatable bonds is 12. The molecule has 6 heteroatoms. The van der Waals surface area contributed by atoms with Crippen molar-refractivity contribution in [3.8, 4) is 0 Å². The molecule has 0 saturated heterocycles. The predicted molar refractivity (Wildman–Crippen MR) is 98.6 cm³/mol. The molecule has 4 nitrogen and oxygen atoms in total. The van der Waals surface area contributed by atoms with Gasteiger partial charge in [-0.1, -0.05) is 0 Å². The maximum Gasteiger partial charge on any atom is 0.308 e. The Hall–Kier alpha value is 0.750. The largest absolute Gasteiger partial charge is 1.00 e. The van der Waals surface area contributed by atoms with Gasteiger partial charge in [-0.15, -0.1) is 18.7 Å². The quantitative estimate of drug-likeness (QED) is 0.455. The standard InChI is InChI=1S/C16H40N4P.BrH/c1-9-17(10-2)21(18(11-3)12-4,19(13-5)14-6)20(15-7)16-8;/h9-16H2,1-8H3;1H/q+1;/p-1. The highest BCUT2D eigenvalue weighted by Gasteiger charge is 2.58. The van der Waals surface area contributed by atoms with Gasteiger partial charge in [-0.25, -0.2) is 0 Å². The maximum atomic E-state index is 2.74. The second-order valence-corrected chi connectivity index (χ2v) is 8.43. The highest BCUT2D eigenvalue weighted by Crippen LogP contribution is 2.69. The number of hydrogen-bond acceptors (Lipinski definition) is 4. The minimum Gasteiger partial charge on any atom is -1.00 e. The molecule has 0 rings (SSSR count). The molecular formula is C16H40BrN4P. The first-order valence-electron chi connectivity index (χ1n) is 8.99. The van der Waals surface area contributed by atoms with Crippen LogP contribution in [0.15, 0.2) is 0 Å². The van der Waals surface area contributed by atoms with Crippen LogP contribution in [0.25, 0.3) is 0 Å². The summed E-state index contributed by atoms with van der Waals surface area (Å²) in [5.41, 5.74) is 0. The lowest BCUT2D eigenvalue weighted by Gasteiger charge is -2.50. The van der Waals surface area contributed by atoms with Gasteiger partial charge in [0.25, 0.3) is 0 Å². The highest BCUT2D eigenvalue weighted by molar-refractivity contribution is 7.66. The second-order valence-electron chi connectivity index (χ2n) is 5.09. The first-order chi connectivity index (χ1) is 10.1. The van der Waals surface area contributed by atoms with E-state index < -0.39 is 7.87 Å². The molecule has 0 fully saturated rings. The Balaban J connectivity index is 0. The fourth-order valence-corrected chi connectivity index (χ4v) is 8.67. The molecule has 0 aliphatic carbocycles. The summed E-state index contributed by atoms with van der Waals surface area (Å²) in [6.45, 7) is 27.5. The summed E-state index contributed by atoms with van der Waals surface area (Å²) < 4.78 is 10.9. The topological polar surface area (TPSA) is 13.0 Å². The van der Waals surface area contributed by atoms with Crippen molar-refractivity contribution in [2.24, 2.45) is 0 Å². The van der Waals surface area contributed by atoms with Gasteiger partial charge in [0.2, 0.25) is 0 Å². The van der Waals surface area contributed by atoms with E-state index >= 15 is 0 Å². The van der Waals surface area contributed by atoms with E-state index in [2.05, 4.69) is 74.1 Å². The molecule has 22 heavy (non-hydrogen) atoms. The summed E-state index contributed by atoms with van der Waals surface area (Å²) >= 11 is 0. The molecule has 0 bridgehead atoms. The van der Waals surface area contributed by atoms with Gasteiger partial charge < -0.3 is 17.0 Å². The summed E-state index contributed by atoms with van der Waals surface area (Å²) in [6, 6.07) is 0. The van der Waals surface area contributed by atoms with E-state index in [1.165, 1.54) is 0 Å². The van der Waals surface area contributed by atoms with Crippen LogP contribution in [0.5, 0.6) is 0 Å². The Morgan fingerprint density at radius 2 is 0.545 bits per heavy atom. The van der Waals surface area contributed by atoms with Crippen molar-refractivity contribution < 1.29 is 17.0 Å². The number of nitrogens with zero attached hydrogens (tertiary/aromatic N) is 4. The van der Waals surface area contributed by atoms with Gasteiger partial charge in [0.1, 0.15) is 0 Å². The normalized spacial score (nSPS) is 12.5. The Kier molecular flexibility index (Phi) is 14.9. The lowest BCUT2D eigenvalue weighted by molar-refractivity contribution is -0.00000569. The van der Waals surface area contributed by atoms with Crippen molar-refractivity contribution in [2.45, 2.75) is 55.4 Å². The molecule has 0 aliphatic heterocycles. The van der Waals surface area contributed by atoms with E-state index in [0.717, 1.165) is 52.4 Å². The van der Waals surface area contributed by atoms with E-state index in [4.69, 9.17) is 0 Å². The molecule has 0 aromatic rings. The van der Waals surface area contributed by atoms with Crippen LogP contribution in [0.4, 0.5) is 0 Å². The number of halogens is 1. The third-order valence-corrected chi connectivity index (χ3v) is 9.74. The average Bonchev–Trinajstić information content (AvgIpc) is 2.51. The Labute approximate surface area is 151 Å². The van der Waals surface area contributed by atoms with E-state index in [0.29, 0.717) is 0 Å². The predicted octanol–water partition coefficient (Wildman–Crippen LogP) is 1.04. The third-order valence-electron chi connectivity index (χ3n) is 4.44. The van der Waals surface area contributed by atoms with Crippen LogP contribution in [0, 0.1) is 0 Å². The number of hydrogen-bond donors (Lipinski definition) is 0. The van der Waals surface area contributed by atoms with Gasteiger partial charge in [-0.3, -0.25) is 0 Å². The Morgan fingerprint density at radius 1 is 0.409 bits per heavy atom. The van der Waals surface area contributed by atoms with E-state index in [1.807, 2.05) is 0 Å². The smallest absolute Gasteiger partial charge is 0.308 e.